The van der Waals surface area contributed by atoms with Gasteiger partial charge in [0.15, 0.2) is 0 Å². The Bertz CT molecular complexity index is 1100. The van der Waals surface area contributed by atoms with Crippen LogP contribution in [0.3, 0.4) is 0 Å². The summed E-state index contributed by atoms with van der Waals surface area (Å²) in [6.45, 7) is 0.462. The zero-order chi connectivity index (χ0) is 19.3. The largest absolute Gasteiger partial charge is 0.497 e. The van der Waals surface area contributed by atoms with Gasteiger partial charge in [-0.2, -0.15) is 0 Å². The summed E-state index contributed by atoms with van der Waals surface area (Å²) in [4.78, 5) is 16.7. The summed E-state index contributed by atoms with van der Waals surface area (Å²) in [5, 5.41) is 5.15. The molecule has 3 aromatic carbocycles. The topological polar surface area (TPSA) is 64.4 Å². The van der Waals surface area contributed by atoms with Crippen LogP contribution in [-0.2, 0) is 17.8 Å². The minimum Gasteiger partial charge on any atom is -0.497 e. The van der Waals surface area contributed by atoms with Gasteiger partial charge in [0.1, 0.15) is 12.0 Å². The Morgan fingerprint density at radius 3 is 2.64 bits per heavy atom. The van der Waals surface area contributed by atoms with E-state index >= 15 is 0 Å². The first kappa shape index (κ1) is 17.8. The smallest absolute Gasteiger partial charge is 0.226 e. The Hall–Kier alpha value is -3.60. The minimum atomic E-state index is -0.0947. The highest BCUT2D eigenvalue weighted by atomic mass is 16.5. The number of benzene rings is 3. The van der Waals surface area contributed by atoms with Crippen LogP contribution < -0.4 is 10.1 Å². The Balaban J connectivity index is 1.37. The summed E-state index contributed by atoms with van der Waals surface area (Å²) in [6, 6.07) is 21.7. The van der Waals surface area contributed by atoms with Gasteiger partial charge >= 0.3 is 0 Å². The van der Waals surface area contributed by atoms with Gasteiger partial charge in [-0.1, -0.05) is 36.4 Å². The maximum Gasteiger partial charge on any atom is 0.226 e. The van der Waals surface area contributed by atoms with Crippen molar-refractivity contribution < 1.29 is 13.9 Å². The second kappa shape index (κ2) is 7.96. The van der Waals surface area contributed by atoms with Crippen molar-refractivity contribution in [3.05, 3.63) is 84.3 Å². The fourth-order valence-electron chi connectivity index (χ4n) is 3.04. The van der Waals surface area contributed by atoms with Crippen molar-refractivity contribution in [3.8, 4) is 17.2 Å². The molecule has 1 N–H and O–H groups in total. The minimum absolute atomic E-state index is 0.0947. The van der Waals surface area contributed by atoms with E-state index in [0.29, 0.717) is 18.1 Å². The van der Waals surface area contributed by atoms with Crippen LogP contribution in [0.15, 0.2) is 77.4 Å². The zero-order valence-electron chi connectivity index (χ0n) is 15.5. The first-order valence-corrected chi connectivity index (χ1v) is 9.04. The third-order valence-electron chi connectivity index (χ3n) is 4.52. The van der Waals surface area contributed by atoms with E-state index in [-0.39, 0.29) is 12.3 Å². The van der Waals surface area contributed by atoms with E-state index in [1.54, 1.807) is 7.11 Å². The lowest BCUT2D eigenvalue weighted by molar-refractivity contribution is -0.120. The highest BCUT2D eigenvalue weighted by molar-refractivity contribution is 5.84. The molecule has 0 aliphatic carbocycles. The second-order valence-electron chi connectivity index (χ2n) is 6.51. The lowest BCUT2D eigenvalue weighted by atomic mass is 10.1. The monoisotopic (exact) mass is 372 g/mol. The highest BCUT2D eigenvalue weighted by Crippen LogP contribution is 2.22. The predicted molar refractivity (Wildman–Crippen MR) is 108 cm³/mol. The molecule has 140 valence electrons. The van der Waals surface area contributed by atoms with E-state index in [1.807, 2.05) is 60.7 Å². The van der Waals surface area contributed by atoms with Gasteiger partial charge in [0.05, 0.1) is 19.2 Å². The predicted octanol–water partition coefficient (Wildman–Crippen LogP) is 4.36. The number of nitrogens with zero attached hydrogens (tertiary/aromatic N) is 1. The van der Waals surface area contributed by atoms with Crippen LogP contribution >= 0.6 is 0 Å². The van der Waals surface area contributed by atoms with Crippen LogP contribution in [-0.4, -0.2) is 18.0 Å². The van der Waals surface area contributed by atoms with E-state index < -0.39 is 0 Å². The SMILES string of the molecule is COc1ccc2cc(CNC(=O)Cc3coc(-c4ccccc4)n3)ccc2c1. The number of ether oxygens (including phenoxy) is 1. The third-order valence-corrected chi connectivity index (χ3v) is 4.52. The van der Waals surface area contributed by atoms with Crippen molar-refractivity contribution in [1.82, 2.24) is 10.3 Å². The molecule has 0 bridgehead atoms. The van der Waals surface area contributed by atoms with Crippen molar-refractivity contribution in [2.24, 2.45) is 0 Å². The number of aromatic nitrogens is 1. The number of hydrogen-bond donors (Lipinski definition) is 1. The number of oxazole rings is 1. The van der Waals surface area contributed by atoms with Gasteiger partial charge in [0.2, 0.25) is 11.8 Å². The van der Waals surface area contributed by atoms with E-state index in [4.69, 9.17) is 9.15 Å². The molecule has 0 fully saturated rings. The summed E-state index contributed by atoms with van der Waals surface area (Å²) in [5.74, 6) is 1.26. The highest BCUT2D eigenvalue weighted by Gasteiger charge is 2.10. The summed E-state index contributed by atoms with van der Waals surface area (Å²) >= 11 is 0. The van der Waals surface area contributed by atoms with Crippen molar-refractivity contribution in [2.75, 3.05) is 7.11 Å². The standard InChI is InChI=1S/C23H20N2O3/c1-27-21-10-9-18-11-16(7-8-19(18)12-21)14-24-22(26)13-20-15-28-23(25-20)17-5-3-2-4-6-17/h2-12,15H,13-14H2,1H3,(H,24,26). The fraction of sp³-hybridized carbons (Fsp3) is 0.130. The number of nitrogens with one attached hydrogen (secondary N) is 1. The van der Waals surface area contributed by atoms with Crippen LogP contribution in [0.4, 0.5) is 0 Å². The number of fused-ring (bicyclic) bond motifs is 1. The maximum absolute atomic E-state index is 12.3. The molecule has 0 saturated heterocycles. The molecule has 4 rings (SSSR count). The zero-order valence-corrected chi connectivity index (χ0v) is 15.5. The van der Waals surface area contributed by atoms with Crippen molar-refractivity contribution in [2.45, 2.75) is 13.0 Å². The normalized spacial score (nSPS) is 10.8. The molecule has 0 atom stereocenters. The molecule has 0 unspecified atom stereocenters. The van der Waals surface area contributed by atoms with Gasteiger partial charge in [-0.25, -0.2) is 4.98 Å². The van der Waals surface area contributed by atoms with Gasteiger partial charge in [-0.3, -0.25) is 4.79 Å². The number of carbonyl (C=O) groups is 1. The average Bonchev–Trinajstić information content (AvgIpc) is 3.20. The van der Waals surface area contributed by atoms with E-state index in [9.17, 15) is 4.79 Å². The van der Waals surface area contributed by atoms with E-state index in [0.717, 1.165) is 27.6 Å². The maximum atomic E-state index is 12.3. The Kier molecular flexibility index (Phi) is 5.06. The molecule has 0 aliphatic rings. The molecule has 5 nitrogen and oxygen atoms in total. The summed E-state index contributed by atoms with van der Waals surface area (Å²) in [6.07, 6.45) is 1.71. The van der Waals surface area contributed by atoms with Gasteiger partial charge in [0.25, 0.3) is 0 Å². The van der Waals surface area contributed by atoms with E-state index in [1.165, 1.54) is 6.26 Å². The Morgan fingerprint density at radius 2 is 1.82 bits per heavy atom. The van der Waals surface area contributed by atoms with Crippen molar-refractivity contribution in [3.63, 3.8) is 0 Å². The van der Waals surface area contributed by atoms with Gasteiger partial charge < -0.3 is 14.5 Å². The molecule has 4 aromatic rings. The number of methoxy groups -OCH3 is 1. The molecular weight excluding hydrogens is 352 g/mol. The molecule has 1 aromatic heterocycles. The number of rotatable bonds is 6. The average molecular weight is 372 g/mol. The fourth-order valence-corrected chi connectivity index (χ4v) is 3.04. The van der Waals surface area contributed by atoms with Crippen molar-refractivity contribution in [1.29, 1.82) is 0 Å². The molecular formula is C23H20N2O3. The molecule has 0 aliphatic heterocycles. The lowest BCUT2D eigenvalue weighted by Crippen LogP contribution is -2.24. The molecule has 0 radical (unpaired) electrons. The molecule has 0 spiro atoms. The molecule has 5 heteroatoms. The molecule has 1 amide bonds. The first-order chi connectivity index (χ1) is 13.7. The lowest BCUT2D eigenvalue weighted by Gasteiger charge is -2.07. The van der Waals surface area contributed by atoms with Crippen LogP contribution in [0.25, 0.3) is 22.2 Å². The molecule has 1 heterocycles. The second-order valence-corrected chi connectivity index (χ2v) is 6.51. The van der Waals surface area contributed by atoms with Crippen LogP contribution in [0, 0.1) is 0 Å². The number of amides is 1. The van der Waals surface area contributed by atoms with Gasteiger partial charge in [-0.15, -0.1) is 0 Å². The number of hydrogen-bond acceptors (Lipinski definition) is 4. The van der Waals surface area contributed by atoms with Gasteiger partial charge in [0, 0.05) is 12.1 Å². The Labute approximate surface area is 163 Å². The van der Waals surface area contributed by atoms with Crippen LogP contribution in [0.5, 0.6) is 5.75 Å². The summed E-state index contributed by atoms with van der Waals surface area (Å²) in [5.41, 5.74) is 2.54. The molecule has 28 heavy (non-hydrogen) atoms. The Morgan fingerprint density at radius 1 is 1.04 bits per heavy atom. The van der Waals surface area contributed by atoms with Crippen LogP contribution in [0.1, 0.15) is 11.3 Å². The quantitative estimate of drug-likeness (QED) is 0.546. The molecule has 0 saturated carbocycles. The van der Waals surface area contributed by atoms with Gasteiger partial charge in [-0.05, 0) is 46.7 Å². The summed E-state index contributed by atoms with van der Waals surface area (Å²) < 4.78 is 10.7. The van der Waals surface area contributed by atoms with E-state index in [2.05, 4.69) is 16.4 Å². The first-order valence-electron chi connectivity index (χ1n) is 9.04. The number of carbonyl (C=O) groups excluding carboxylic acids is 1. The third kappa shape index (κ3) is 4.04. The summed E-state index contributed by atoms with van der Waals surface area (Å²) in [7, 11) is 1.66. The van der Waals surface area contributed by atoms with Crippen LogP contribution in [0.2, 0.25) is 0 Å². The van der Waals surface area contributed by atoms with Crippen molar-refractivity contribution >= 4 is 16.7 Å².